The van der Waals surface area contributed by atoms with E-state index in [4.69, 9.17) is 9.47 Å². The molecule has 9 heteroatoms. The van der Waals surface area contributed by atoms with Gasteiger partial charge in [-0.3, -0.25) is 9.78 Å². The number of nitrogens with one attached hydrogen (secondary N) is 3. The number of carbonyl (C=O) groups excluding carboxylic acids is 2. The molecule has 166 valence electrons. The lowest BCUT2D eigenvalue weighted by atomic mass is 9.92. The van der Waals surface area contributed by atoms with Gasteiger partial charge in [-0.1, -0.05) is 6.07 Å². The molecule has 0 saturated carbocycles. The predicted molar refractivity (Wildman–Crippen MR) is 117 cm³/mol. The summed E-state index contributed by atoms with van der Waals surface area (Å²) in [7, 11) is 2.91. The molecule has 0 saturated heterocycles. The van der Waals surface area contributed by atoms with Crippen molar-refractivity contribution >= 4 is 23.6 Å². The molecule has 1 aliphatic rings. The van der Waals surface area contributed by atoms with Crippen molar-refractivity contribution < 1.29 is 23.5 Å². The Morgan fingerprint density at radius 3 is 2.88 bits per heavy atom. The average Bonchev–Trinajstić information content (AvgIpc) is 3.19. The van der Waals surface area contributed by atoms with Crippen LogP contribution in [-0.4, -0.2) is 42.9 Å². The lowest BCUT2D eigenvalue weighted by Gasteiger charge is -2.23. The molecule has 1 unspecified atom stereocenters. The average molecular weight is 438 g/mol. The van der Waals surface area contributed by atoms with Gasteiger partial charge in [0.05, 0.1) is 43.0 Å². The van der Waals surface area contributed by atoms with E-state index in [1.54, 1.807) is 30.6 Å². The van der Waals surface area contributed by atoms with Crippen LogP contribution in [0.15, 0.2) is 36.7 Å². The van der Waals surface area contributed by atoms with Gasteiger partial charge >= 0.3 is 0 Å². The Morgan fingerprint density at radius 2 is 2.12 bits per heavy atom. The molecule has 1 aromatic carbocycles. The Labute approximate surface area is 184 Å². The Bertz CT molecular complexity index is 1160. The third kappa shape index (κ3) is 3.77. The standard InChI is InChI=1S/C23H23FN4O4/c1-31-17-12-25-9-8-14(17)20-21(27-16-7-3-6-15(24)22(16)32-2)18-19(28-20)13(5-4-10-29)11-26-23(18)30/h3,6-10,12-13,27-28H,4-5,11H2,1-2H3,(H,26,30). The second-order valence-corrected chi connectivity index (χ2v) is 7.34. The number of methoxy groups -OCH3 is 2. The molecule has 0 radical (unpaired) electrons. The van der Waals surface area contributed by atoms with Gasteiger partial charge in [0.15, 0.2) is 11.6 Å². The zero-order chi connectivity index (χ0) is 22.7. The first-order valence-electron chi connectivity index (χ1n) is 10.1. The van der Waals surface area contributed by atoms with Crippen molar-refractivity contribution in [1.29, 1.82) is 0 Å². The number of rotatable bonds is 8. The summed E-state index contributed by atoms with van der Waals surface area (Å²) in [5.41, 5.74) is 3.22. The number of fused-ring (bicyclic) bond motifs is 1. The highest BCUT2D eigenvalue weighted by atomic mass is 19.1. The number of ether oxygens (including phenoxy) is 2. The van der Waals surface area contributed by atoms with Crippen LogP contribution >= 0.6 is 0 Å². The second-order valence-electron chi connectivity index (χ2n) is 7.34. The molecule has 3 heterocycles. The molecule has 3 N–H and O–H groups in total. The summed E-state index contributed by atoms with van der Waals surface area (Å²) >= 11 is 0. The third-order valence-electron chi connectivity index (χ3n) is 5.51. The molecular weight excluding hydrogens is 415 g/mol. The summed E-state index contributed by atoms with van der Waals surface area (Å²) < 4.78 is 25.0. The molecule has 0 bridgehead atoms. The number of para-hydroxylation sites is 1. The number of aromatic nitrogens is 2. The third-order valence-corrected chi connectivity index (χ3v) is 5.51. The van der Waals surface area contributed by atoms with E-state index in [2.05, 4.69) is 20.6 Å². The number of benzene rings is 1. The Morgan fingerprint density at radius 1 is 1.28 bits per heavy atom. The first-order chi connectivity index (χ1) is 15.6. The first-order valence-corrected chi connectivity index (χ1v) is 10.1. The molecular formula is C23H23FN4O4. The largest absolute Gasteiger partial charge is 0.494 e. The molecule has 4 rings (SSSR count). The molecule has 0 fully saturated rings. The van der Waals surface area contributed by atoms with Gasteiger partial charge in [0.25, 0.3) is 5.91 Å². The molecule has 3 aromatic rings. The lowest BCUT2D eigenvalue weighted by Crippen LogP contribution is -2.35. The minimum absolute atomic E-state index is 0.0313. The molecule has 1 aliphatic heterocycles. The summed E-state index contributed by atoms with van der Waals surface area (Å²) in [5.74, 6) is -0.340. The number of amides is 1. The van der Waals surface area contributed by atoms with E-state index in [-0.39, 0.29) is 17.6 Å². The molecule has 8 nitrogen and oxygen atoms in total. The molecule has 2 aromatic heterocycles. The summed E-state index contributed by atoms with van der Waals surface area (Å²) in [6.45, 7) is 0.413. The van der Waals surface area contributed by atoms with Crippen molar-refractivity contribution in [3.8, 4) is 22.8 Å². The number of anilines is 2. The van der Waals surface area contributed by atoms with Crippen molar-refractivity contribution in [3.05, 3.63) is 53.7 Å². The zero-order valence-corrected chi connectivity index (χ0v) is 17.7. The van der Waals surface area contributed by atoms with Gasteiger partial charge in [-0.05, 0) is 24.6 Å². The number of pyridine rings is 1. The Balaban J connectivity index is 1.93. The van der Waals surface area contributed by atoms with Gasteiger partial charge in [-0.15, -0.1) is 0 Å². The lowest BCUT2D eigenvalue weighted by molar-refractivity contribution is -0.108. The van der Waals surface area contributed by atoms with Gasteiger partial charge in [-0.25, -0.2) is 4.39 Å². The smallest absolute Gasteiger partial charge is 0.255 e. The van der Waals surface area contributed by atoms with E-state index >= 15 is 0 Å². The summed E-state index contributed by atoms with van der Waals surface area (Å²) in [5, 5.41) is 6.09. The van der Waals surface area contributed by atoms with Gasteiger partial charge in [-0.2, -0.15) is 0 Å². The quantitative estimate of drug-likeness (QED) is 0.462. The van der Waals surface area contributed by atoms with Crippen LogP contribution in [0.3, 0.4) is 0 Å². The maximum absolute atomic E-state index is 14.3. The van der Waals surface area contributed by atoms with Crippen LogP contribution < -0.4 is 20.1 Å². The molecule has 1 amide bonds. The molecule has 0 spiro atoms. The number of H-pyrrole nitrogens is 1. The van der Waals surface area contributed by atoms with E-state index in [1.807, 2.05) is 0 Å². The topological polar surface area (TPSA) is 105 Å². The highest BCUT2D eigenvalue weighted by Crippen LogP contribution is 2.44. The number of nitrogens with zero attached hydrogens (tertiary/aromatic N) is 1. The van der Waals surface area contributed by atoms with Gasteiger partial charge in [0.2, 0.25) is 0 Å². The van der Waals surface area contributed by atoms with Crippen molar-refractivity contribution in [2.45, 2.75) is 18.8 Å². The fraction of sp³-hybridized carbons (Fsp3) is 0.261. The van der Waals surface area contributed by atoms with E-state index in [1.165, 1.54) is 20.3 Å². The maximum Gasteiger partial charge on any atom is 0.255 e. The Kier molecular flexibility index (Phi) is 6.07. The Hall–Kier alpha value is -3.88. The van der Waals surface area contributed by atoms with Crippen LogP contribution in [0.1, 0.15) is 34.8 Å². The minimum atomic E-state index is -0.529. The number of hydrogen-bond donors (Lipinski definition) is 3. The summed E-state index contributed by atoms with van der Waals surface area (Å²) in [4.78, 5) is 31.4. The maximum atomic E-state index is 14.3. The fourth-order valence-corrected chi connectivity index (χ4v) is 4.01. The van der Waals surface area contributed by atoms with Crippen molar-refractivity contribution in [1.82, 2.24) is 15.3 Å². The monoisotopic (exact) mass is 438 g/mol. The number of carbonyl (C=O) groups is 2. The van der Waals surface area contributed by atoms with Crippen molar-refractivity contribution in [3.63, 3.8) is 0 Å². The van der Waals surface area contributed by atoms with Crippen LogP contribution in [0.4, 0.5) is 15.8 Å². The number of hydrogen-bond acceptors (Lipinski definition) is 6. The van der Waals surface area contributed by atoms with E-state index < -0.39 is 5.82 Å². The number of halogens is 1. The summed E-state index contributed by atoms with van der Waals surface area (Å²) in [6.07, 6.45) is 5.00. The highest BCUT2D eigenvalue weighted by Gasteiger charge is 2.33. The molecule has 0 aliphatic carbocycles. The highest BCUT2D eigenvalue weighted by molar-refractivity contribution is 6.07. The van der Waals surface area contributed by atoms with Crippen LogP contribution in [0.25, 0.3) is 11.3 Å². The minimum Gasteiger partial charge on any atom is -0.494 e. The SMILES string of the molecule is COc1cnccc1-c1[nH]c2c(c1Nc1cccc(F)c1OC)C(=O)NCC2CCC=O. The van der Waals surface area contributed by atoms with Gasteiger partial charge in [0.1, 0.15) is 12.0 Å². The van der Waals surface area contributed by atoms with E-state index in [0.29, 0.717) is 59.0 Å². The van der Waals surface area contributed by atoms with Crippen LogP contribution in [0.5, 0.6) is 11.5 Å². The van der Waals surface area contributed by atoms with Gasteiger partial charge < -0.3 is 29.9 Å². The van der Waals surface area contributed by atoms with Crippen LogP contribution in [0, 0.1) is 5.82 Å². The van der Waals surface area contributed by atoms with E-state index in [0.717, 1.165) is 6.29 Å². The van der Waals surface area contributed by atoms with Crippen LogP contribution in [-0.2, 0) is 4.79 Å². The van der Waals surface area contributed by atoms with E-state index in [9.17, 15) is 14.0 Å². The normalized spacial score (nSPS) is 15.0. The van der Waals surface area contributed by atoms with Gasteiger partial charge in [0, 0.05) is 36.3 Å². The second kappa shape index (κ2) is 9.09. The first kappa shape index (κ1) is 21.4. The van der Waals surface area contributed by atoms with Crippen LogP contribution in [0.2, 0.25) is 0 Å². The van der Waals surface area contributed by atoms with Crippen molar-refractivity contribution in [2.24, 2.45) is 0 Å². The molecule has 32 heavy (non-hydrogen) atoms. The number of aldehydes is 1. The fourth-order valence-electron chi connectivity index (χ4n) is 4.01. The zero-order valence-electron chi connectivity index (χ0n) is 17.7. The summed E-state index contributed by atoms with van der Waals surface area (Å²) in [6, 6.07) is 6.28. The molecule has 1 atom stereocenters. The predicted octanol–water partition coefficient (Wildman–Crippen LogP) is 3.78. The van der Waals surface area contributed by atoms with Crippen molar-refractivity contribution in [2.75, 3.05) is 26.1 Å². The number of aromatic amines is 1.